The summed E-state index contributed by atoms with van der Waals surface area (Å²) in [7, 11) is 1.93. The van der Waals surface area contributed by atoms with Gasteiger partial charge in [0.1, 0.15) is 5.52 Å². The molecule has 3 rings (SSSR count). The molecular weight excluding hydrogens is 228 g/mol. The van der Waals surface area contributed by atoms with Crippen LogP contribution in [0.15, 0.2) is 29.1 Å². The first-order chi connectivity index (χ1) is 8.79. The summed E-state index contributed by atoms with van der Waals surface area (Å²) < 4.78 is 1.47. The summed E-state index contributed by atoms with van der Waals surface area (Å²) in [6, 6.07) is 7.64. The highest BCUT2D eigenvalue weighted by atomic mass is 16.1. The van der Waals surface area contributed by atoms with Crippen LogP contribution in [0.4, 0.5) is 0 Å². The van der Waals surface area contributed by atoms with Crippen LogP contribution >= 0.6 is 0 Å². The molecule has 1 aliphatic rings. The van der Waals surface area contributed by atoms with Crippen molar-refractivity contribution in [3.05, 3.63) is 34.6 Å². The van der Waals surface area contributed by atoms with E-state index in [0.717, 1.165) is 0 Å². The lowest BCUT2D eigenvalue weighted by molar-refractivity contribution is 0.395. The van der Waals surface area contributed by atoms with E-state index in [1.165, 1.54) is 17.5 Å². The Kier molecular flexibility index (Phi) is 2.83. The number of nitrogens with one attached hydrogen (secondary N) is 1. The highest BCUT2D eigenvalue weighted by Gasteiger charge is 2.30. The van der Waals surface area contributed by atoms with Crippen LogP contribution in [0.1, 0.15) is 12.8 Å². The second-order valence-electron chi connectivity index (χ2n) is 4.83. The van der Waals surface area contributed by atoms with E-state index in [-0.39, 0.29) is 5.56 Å². The van der Waals surface area contributed by atoms with E-state index in [0.29, 0.717) is 29.4 Å². The third kappa shape index (κ3) is 2.01. The van der Waals surface area contributed by atoms with E-state index in [9.17, 15) is 4.79 Å². The van der Waals surface area contributed by atoms with Gasteiger partial charge in [0.15, 0.2) is 0 Å². The number of likely N-dealkylation sites (N-methyl/N-ethyl adjacent to an activating group) is 1. The van der Waals surface area contributed by atoms with Gasteiger partial charge in [-0.25, -0.2) is 4.68 Å². The summed E-state index contributed by atoms with van der Waals surface area (Å²) in [6.45, 7) is 0.595. The normalized spacial score (nSPS) is 16.9. The third-order valence-corrected chi connectivity index (χ3v) is 3.56. The summed E-state index contributed by atoms with van der Waals surface area (Å²) in [5, 5.41) is 12.0. The van der Waals surface area contributed by atoms with E-state index < -0.39 is 0 Å². The topological polar surface area (TPSA) is 59.8 Å². The largest absolute Gasteiger partial charge is 0.315 e. The van der Waals surface area contributed by atoms with E-state index in [4.69, 9.17) is 0 Å². The first-order valence-corrected chi connectivity index (χ1v) is 6.29. The molecule has 1 atom stereocenters. The molecule has 1 aliphatic carbocycles. The average molecular weight is 244 g/mol. The molecule has 5 nitrogen and oxygen atoms in total. The zero-order valence-electron chi connectivity index (χ0n) is 10.3. The van der Waals surface area contributed by atoms with Gasteiger partial charge in [0.25, 0.3) is 5.56 Å². The lowest BCUT2D eigenvalue weighted by Crippen LogP contribution is -2.37. The van der Waals surface area contributed by atoms with Gasteiger partial charge in [0.05, 0.1) is 11.9 Å². The predicted octanol–water partition coefficient (Wildman–Crippen LogP) is 0.789. The van der Waals surface area contributed by atoms with Gasteiger partial charge < -0.3 is 5.32 Å². The standard InChI is InChI=1S/C13H16N4O/c1-14-12(9-6-7-9)8-17-13(18)10-4-2-3-5-11(10)15-16-17/h2-5,9,12,14H,6-8H2,1H3. The van der Waals surface area contributed by atoms with Gasteiger partial charge in [-0.2, -0.15) is 0 Å². The minimum absolute atomic E-state index is 0.0542. The van der Waals surface area contributed by atoms with Crippen LogP contribution in [0.5, 0.6) is 0 Å². The number of nitrogens with zero attached hydrogens (tertiary/aromatic N) is 3. The first-order valence-electron chi connectivity index (χ1n) is 6.29. The smallest absolute Gasteiger partial charge is 0.277 e. The quantitative estimate of drug-likeness (QED) is 0.863. The molecule has 18 heavy (non-hydrogen) atoms. The molecule has 0 aliphatic heterocycles. The molecule has 1 unspecified atom stereocenters. The van der Waals surface area contributed by atoms with Crippen molar-refractivity contribution in [1.82, 2.24) is 20.3 Å². The van der Waals surface area contributed by atoms with Gasteiger partial charge in [-0.1, -0.05) is 17.3 Å². The summed E-state index contributed by atoms with van der Waals surface area (Å²) in [6.07, 6.45) is 2.47. The fraction of sp³-hybridized carbons (Fsp3) is 0.462. The van der Waals surface area contributed by atoms with Crippen molar-refractivity contribution in [3.8, 4) is 0 Å². The number of rotatable bonds is 4. The second kappa shape index (κ2) is 4.49. The highest BCUT2D eigenvalue weighted by molar-refractivity contribution is 5.76. The van der Waals surface area contributed by atoms with Gasteiger partial charge in [0, 0.05) is 6.04 Å². The minimum Gasteiger partial charge on any atom is -0.315 e. The zero-order chi connectivity index (χ0) is 12.5. The van der Waals surface area contributed by atoms with E-state index in [1.807, 2.05) is 25.2 Å². The molecule has 0 radical (unpaired) electrons. The molecule has 0 amide bonds. The Bertz CT molecular complexity index is 618. The summed E-state index contributed by atoms with van der Waals surface area (Å²) in [5.74, 6) is 0.676. The van der Waals surface area contributed by atoms with Crippen molar-refractivity contribution in [2.75, 3.05) is 7.05 Å². The summed E-state index contributed by atoms with van der Waals surface area (Å²) in [5.41, 5.74) is 0.604. The van der Waals surface area contributed by atoms with Crippen molar-refractivity contribution in [3.63, 3.8) is 0 Å². The van der Waals surface area contributed by atoms with Crippen LogP contribution in [0, 0.1) is 5.92 Å². The first kappa shape index (κ1) is 11.3. The molecule has 1 saturated carbocycles. The predicted molar refractivity (Wildman–Crippen MR) is 69.4 cm³/mol. The maximum Gasteiger partial charge on any atom is 0.277 e. The third-order valence-electron chi connectivity index (χ3n) is 3.56. The number of fused-ring (bicyclic) bond motifs is 1. The van der Waals surface area contributed by atoms with Gasteiger partial charge in [-0.15, -0.1) is 5.10 Å². The minimum atomic E-state index is -0.0542. The Morgan fingerprint density at radius 3 is 2.94 bits per heavy atom. The number of benzene rings is 1. The zero-order valence-corrected chi connectivity index (χ0v) is 10.3. The Balaban J connectivity index is 1.96. The molecule has 94 valence electrons. The molecule has 1 aromatic carbocycles. The Hall–Kier alpha value is -1.75. The van der Waals surface area contributed by atoms with Gasteiger partial charge >= 0.3 is 0 Å². The van der Waals surface area contributed by atoms with Crippen molar-refractivity contribution in [1.29, 1.82) is 0 Å². The van der Waals surface area contributed by atoms with Crippen molar-refractivity contribution >= 4 is 10.9 Å². The molecule has 2 aromatic rings. The maximum atomic E-state index is 12.3. The van der Waals surface area contributed by atoms with Gasteiger partial charge in [0.2, 0.25) is 0 Å². The molecule has 1 aromatic heterocycles. The van der Waals surface area contributed by atoms with E-state index >= 15 is 0 Å². The fourth-order valence-corrected chi connectivity index (χ4v) is 2.30. The lowest BCUT2D eigenvalue weighted by Gasteiger charge is -2.15. The molecule has 0 bridgehead atoms. The molecule has 5 heteroatoms. The van der Waals surface area contributed by atoms with Crippen LogP contribution in [-0.2, 0) is 6.54 Å². The summed E-state index contributed by atoms with van der Waals surface area (Å²) >= 11 is 0. The Morgan fingerprint density at radius 2 is 2.22 bits per heavy atom. The Morgan fingerprint density at radius 1 is 1.44 bits per heavy atom. The van der Waals surface area contributed by atoms with Crippen LogP contribution in [-0.4, -0.2) is 28.1 Å². The number of hydrogen-bond acceptors (Lipinski definition) is 4. The molecule has 1 heterocycles. The van der Waals surface area contributed by atoms with Gasteiger partial charge in [-0.05, 0) is 37.9 Å². The Labute approximate surface area is 105 Å². The second-order valence-corrected chi connectivity index (χ2v) is 4.83. The van der Waals surface area contributed by atoms with Crippen molar-refractivity contribution < 1.29 is 0 Å². The van der Waals surface area contributed by atoms with Crippen LogP contribution in [0.25, 0.3) is 10.9 Å². The van der Waals surface area contributed by atoms with Crippen molar-refractivity contribution in [2.24, 2.45) is 5.92 Å². The molecule has 1 fully saturated rings. The van der Waals surface area contributed by atoms with Gasteiger partial charge in [-0.3, -0.25) is 4.79 Å². The van der Waals surface area contributed by atoms with Crippen LogP contribution < -0.4 is 10.9 Å². The van der Waals surface area contributed by atoms with Crippen LogP contribution in [0.2, 0.25) is 0 Å². The monoisotopic (exact) mass is 244 g/mol. The lowest BCUT2D eigenvalue weighted by atomic mass is 10.2. The molecular formula is C13H16N4O. The van der Waals surface area contributed by atoms with Crippen LogP contribution in [0.3, 0.4) is 0 Å². The average Bonchev–Trinajstić information content (AvgIpc) is 3.23. The number of aromatic nitrogens is 3. The highest BCUT2D eigenvalue weighted by Crippen LogP contribution is 2.32. The SMILES string of the molecule is CNC(Cn1nnc2ccccc2c1=O)C1CC1. The van der Waals surface area contributed by atoms with Crippen molar-refractivity contribution in [2.45, 2.75) is 25.4 Å². The fourth-order valence-electron chi connectivity index (χ4n) is 2.30. The van der Waals surface area contributed by atoms with E-state index in [1.54, 1.807) is 6.07 Å². The van der Waals surface area contributed by atoms with E-state index in [2.05, 4.69) is 15.6 Å². The summed E-state index contributed by atoms with van der Waals surface area (Å²) in [4.78, 5) is 12.3. The molecule has 0 spiro atoms. The number of hydrogen-bond donors (Lipinski definition) is 1. The molecule has 1 N–H and O–H groups in total. The maximum absolute atomic E-state index is 12.3. The molecule has 0 saturated heterocycles.